The highest BCUT2D eigenvalue weighted by atomic mass is 35.5. The Kier molecular flexibility index (Phi) is 6.04. The molecule has 0 bridgehead atoms. The third-order valence-corrected chi connectivity index (χ3v) is 3.78. The van der Waals surface area contributed by atoms with Crippen LogP contribution in [0.15, 0.2) is 0 Å². The highest BCUT2D eigenvalue weighted by Crippen LogP contribution is 2.34. The van der Waals surface area contributed by atoms with Crippen molar-refractivity contribution >= 4 is 36.3 Å². The van der Waals surface area contributed by atoms with Crippen LogP contribution < -0.4 is 11.1 Å². The number of hydrogen-bond donors (Lipinski definition) is 2. The molecule has 2 rings (SSSR count). The van der Waals surface area contributed by atoms with Gasteiger partial charge in [-0.3, -0.25) is 14.4 Å². The van der Waals surface area contributed by atoms with Gasteiger partial charge in [-0.2, -0.15) is 0 Å². The molecule has 0 aliphatic carbocycles. The largest absolute Gasteiger partial charge is 0.345 e. The van der Waals surface area contributed by atoms with E-state index in [4.69, 9.17) is 10.5 Å². The fourth-order valence-corrected chi connectivity index (χ4v) is 2.62. The Balaban J connectivity index is 0.00000242. The number of aldehydes is 1. The lowest BCUT2D eigenvalue weighted by molar-refractivity contribution is -0.160. The van der Waals surface area contributed by atoms with Crippen LogP contribution >= 0.6 is 12.4 Å². The maximum Gasteiger partial charge on any atom is 0.234 e. The van der Waals surface area contributed by atoms with Crippen molar-refractivity contribution in [2.45, 2.75) is 44.7 Å². The first-order valence-corrected chi connectivity index (χ1v) is 6.85. The highest BCUT2D eigenvalue weighted by Gasteiger charge is 2.55. The molecule has 0 saturated carbocycles. The van der Waals surface area contributed by atoms with E-state index in [2.05, 4.69) is 5.32 Å². The molecule has 0 aromatic rings. The molecule has 2 heterocycles. The molecule has 2 aliphatic heterocycles. The first kappa shape index (κ1) is 18.5. The molecule has 2 saturated heterocycles. The van der Waals surface area contributed by atoms with Crippen LogP contribution in [0.1, 0.15) is 20.3 Å². The minimum absolute atomic E-state index is 0. The quantitative estimate of drug-likeness (QED) is 0.456. The standard InChI is InChI=1S/C13H19N3O5.ClH/c1-6(2)11(15-8(18)4-14)12(20)13-7(5-17)16-9(19)3-10(16)21-13;/h5-7,10-11,13H,3-4,14H2,1-2H3,(H,15,18);1H. The molecule has 4 atom stereocenters. The molecule has 2 aliphatic rings. The molecule has 8 nitrogen and oxygen atoms in total. The van der Waals surface area contributed by atoms with Crippen LogP contribution in [0.5, 0.6) is 0 Å². The van der Waals surface area contributed by atoms with Gasteiger partial charge in [0.2, 0.25) is 11.8 Å². The lowest BCUT2D eigenvalue weighted by Gasteiger charge is -2.34. The van der Waals surface area contributed by atoms with Crippen molar-refractivity contribution in [3.63, 3.8) is 0 Å². The molecular weight excluding hydrogens is 314 g/mol. The summed E-state index contributed by atoms with van der Waals surface area (Å²) in [6, 6.07) is -1.72. The summed E-state index contributed by atoms with van der Waals surface area (Å²) in [6.45, 7) is 3.31. The smallest absolute Gasteiger partial charge is 0.234 e. The number of nitrogens with zero attached hydrogens (tertiary/aromatic N) is 1. The zero-order valence-electron chi connectivity index (χ0n) is 12.4. The Morgan fingerprint density at radius 3 is 2.59 bits per heavy atom. The van der Waals surface area contributed by atoms with Crippen molar-refractivity contribution in [2.75, 3.05) is 6.54 Å². The number of rotatable bonds is 6. The number of Topliss-reactive ketones (excluding diaryl/α,β-unsaturated/α-hetero) is 1. The second-order valence-corrected chi connectivity index (χ2v) is 5.54. The van der Waals surface area contributed by atoms with E-state index in [1.54, 1.807) is 13.8 Å². The van der Waals surface area contributed by atoms with E-state index in [1.807, 2.05) is 0 Å². The van der Waals surface area contributed by atoms with Gasteiger partial charge < -0.3 is 25.5 Å². The molecule has 2 fully saturated rings. The van der Waals surface area contributed by atoms with Crippen LogP contribution in [-0.2, 0) is 23.9 Å². The first-order valence-electron chi connectivity index (χ1n) is 6.85. The van der Waals surface area contributed by atoms with E-state index in [0.29, 0.717) is 6.29 Å². The van der Waals surface area contributed by atoms with Crippen molar-refractivity contribution in [1.82, 2.24) is 10.2 Å². The lowest BCUT2D eigenvalue weighted by atomic mass is 9.93. The Labute approximate surface area is 134 Å². The molecule has 3 N–H and O–H groups in total. The first-order chi connectivity index (χ1) is 9.90. The number of β-lactam (4-membered cyclic amide) rings is 1. The van der Waals surface area contributed by atoms with Gasteiger partial charge in [0, 0.05) is 0 Å². The van der Waals surface area contributed by atoms with E-state index in [9.17, 15) is 19.2 Å². The molecule has 0 aromatic heterocycles. The van der Waals surface area contributed by atoms with Gasteiger partial charge in [0.25, 0.3) is 0 Å². The van der Waals surface area contributed by atoms with Crippen LogP contribution in [0.3, 0.4) is 0 Å². The van der Waals surface area contributed by atoms with E-state index in [-0.39, 0.29) is 37.2 Å². The zero-order chi connectivity index (χ0) is 15.7. The number of carbonyl (C=O) groups is 4. The minimum atomic E-state index is -1.04. The molecular formula is C13H20ClN3O5. The lowest BCUT2D eigenvalue weighted by Crippen LogP contribution is -2.56. The topological polar surface area (TPSA) is 119 Å². The van der Waals surface area contributed by atoms with E-state index in [0.717, 1.165) is 0 Å². The SMILES string of the molecule is CC(C)C(NC(=O)CN)C(=O)C1OC2CC(=O)N2C1C=O.Cl. The van der Waals surface area contributed by atoms with Crippen LogP contribution in [0.2, 0.25) is 0 Å². The predicted molar refractivity (Wildman–Crippen MR) is 78.1 cm³/mol. The molecule has 4 unspecified atom stereocenters. The molecule has 0 aromatic carbocycles. The van der Waals surface area contributed by atoms with Crippen LogP contribution in [0.25, 0.3) is 0 Å². The van der Waals surface area contributed by atoms with Gasteiger partial charge in [0.05, 0.1) is 19.0 Å². The second-order valence-electron chi connectivity index (χ2n) is 5.54. The minimum Gasteiger partial charge on any atom is -0.345 e. The zero-order valence-corrected chi connectivity index (χ0v) is 13.2. The monoisotopic (exact) mass is 333 g/mol. The number of fused-ring (bicyclic) bond motifs is 1. The Hall–Kier alpha value is -1.51. The van der Waals surface area contributed by atoms with Crippen molar-refractivity contribution in [3.8, 4) is 0 Å². The number of carbonyl (C=O) groups excluding carboxylic acids is 4. The fraction of sp³-hybridized carbons (Fsp3) is 0.692. The maximum atomic E-state index is 12.6. The van der Waals surface area contributed by atoms with Gasteiger partial charge in [-0.25, -0.2) is 0 Å². The van der Waals surface area contributed by atoms with E-state index in [1.165, 1.54) is 4.90 Å². The number of ether oxygens (including phenoxy) is 1. The summed E-state index contributed by atoms with van der Waals surface area (Å²) >= 11 is 0. The normalized spacial score (nSPS) is 27.5. The van der Waals surface area contributed by atoms with Crippen LogP contribution in [0.4, 0.5) is 0 Å². The van der Waals surface area contributed by atoms with Gasteiger partial charge in [-0.05, 0) is 5.92 Å². The van der Waals surface area contributed by atoms with Crippen LogP contribution in [-0.4, -0.2) is 59.7 Å². The van der Waals surface area contributed by atoms with Crippen molar-refractivity contribution in [2.24, 2.45) is 11.7 Å². The highest BCUT2D eigenvalue weighted by molar-refractivity contribution is 5.97. The summed E-state index contributed by atoms with van der Waals surface area (Å²) < 4.78 is 5.48. The molecule has 9 heteroatoms. The molecule has 2 amide bonds. The van der Waals surface area contributed by atoms with Crippen molar-refractivity contribution in [3.05, 3.63) is 0 Å². The third kappa shape index (κ3) is 3.13. The predicted octanol–water partition coefficient (Wildman–Crippen LogP) is -1.40. The second kappa shape index (κ2) is 7.17. The van der Waals surface area contributed by atoms with E-state index >= 15 is 0 Å². The molecule has 22 heavy (non-hydrogen) atoms. The maximum absolute atomic E-state index is 12.6. The van der Waals surface area contributed by atoms with Gasteiger partial charge >= 0.3 is 0 Å². The van der Waals surface area contributed by atoms with E-state index < -0.39 is 36.1 Å². The molecule has 0 radical (unpaired) electrons. The number of amides is 2. The molecule has 0 spiro atoms. The summed E-state index contributed by atoms with van der Waals surface area (Å²) in [6.07, 6.45) is -0.832. The number of ketones is 1. The van der Waals surface area contributed by atoms with Gasteiger partial charge in [0.15, 0.2) is 5.78 Å². The summed E-state index contributed by atoms with van der Waals surface area (Å²) in [5.41, 5.74) is 5.24. The van der Waals surface area contributed by atoms with Gasteiger partial charge in [-0.15, -0.1) is 12.4 Å². The van der Waals surface area contributed by atoms with Crippen LogP contribution in [0, 0.1) is 5.92 Å². The molecule has 124 valence electrons. The van der Waals surface area contributed by atoms with Gasteiger partial charge in [0.1, 0.15) is 24.7 Å². The Bertz CT molecular complexity index is 484. The third-order valence-electron chi connectivity index (χ3n) is 3.78. The average molecular weight is 334 g/mol. The summed E-state index contributed by atoms with van der Waals surface area (Å²) in [7, 11) is 0. The summed E-state index contributed by atoms with van der Waals surface area (Å²) in [5.74, 6) is -1.26. The average Bonchev–Trinajstić information content (AvgIpc) is 2.75. The fourth-order valence-electron chi connectivity index (χ4n) is 2.62. The van der Waals surface area contributed by atoms with Crippen molar-refractivity contribution < 1.29 is 23.9 Å². The number of hydrogen-bond acceptors (Lipinski definition) is 6. The summed E-state index contributed by atoms with van der Waals surface area (Å²) in [5, 5.41) is 2.54. The Morgan fingerprint density at radius 1 is 1.50 bits per heavy atom. The summed E-state index contributed by atoms with van der Waals surface area (Å²) in [4.78, 5) is 47.9. The Morgan fingerprint density at radius 2 is 2.14 bits per heavy atom. The number of halogens is 1. The number of nitrogens with two attached hydrogens (primary N) is 1. The number of nitrogens with one attached hydrogen (secondary N) is 1. The van der Waals surface area contributed by atoms with Crippen molar-refractivity contribution in [1.29, 1.82) is 0 Å². The van der Waals surface area contributed by atoms with Gasteiger partial charge in [-0.1, -0.05) is 13.8 Å².